The lowest BCUT2D eigenvalue weighted by Gasteiger charge is -2.16. The Morgan fingerprint density at radius 3 is 2.54 bits per heavy atom. The normalized spacial score (nSPS) is 14.3. The Labute approximate surface area is 144 Å². The molecule has 0 aliphatic carbocycles. The van der Waals surface area contributed by atoms with Crippen LogP contribution in [-0.4, -0.2) is 44.0 Å². The van der Waals surface area contributed by atoms with Crippen molar-refractivity contribution in [3.63, 3.8) is 0 Å². The molecule has 0 radical (unpaired) electrons. The number of rotatable bonds is 7. The van der Waals surface area contributed by atoms with Crippen LogP contribution >= 0.6 is 12.4 Å². The molecule has 0 aromatic heterocycles. The third-order valence-corrected chi connectivity index (χ3v) is 3.43. The minimum atomic E-state index is -3.13. The first-order chi connectivity index (χ1) is 10.9. The van der Waals surface area contributed by atoms with E-state index in [1.165, 1.54) is 0 Å². The highest BCUT2D eigenvalue weighted by Crippen LogP contribution is 2.23. The van der Waals surface area contributed by atoms with E-state index in [4.69, 9.17) is 10.5 Å². The zero-order chi connectivity index (χ0) is 16.9. The SMILES string of the molecule is Cl.NCC(F)(F)CNC(=O)COc1ccc(N2CCCC2=O)cc1. The molecule has 9 heteroatoms. The van der Waals surface area contributed by atoms with Crippen LogP contribution < -0.4 is 20.7 Å². The van der Waals surface area contributed by atoms with E-state index >= 15 is 0 Å². The maximum absolute atomic E-state index is 12.9. The molecule has 1 aromatic rings. The summed E-state index contributed by atoms with van der Waals surface area (Å²) < 4.78 is 31.0. The zero-order valence-corrected chi connectivity index (χ0v) is 13.8. The van der Waals surface area contributed by atoms with Crippen LogP contribution in [0.5, 0.6) is 5.75 Å². The van der Waals surface area contributed by atoms with Crippen molar-refractivity contribution in [2.24, 2.45) is 5.73 Å². The maximum Gasteiger partial charge on any atom is 0.277 e. The number of amides is 2. The first-order valence-electron chi connectivity index (χ1n) is 7.29. The molecule has 3 N–H and O–H groups in total. The number of alkyl halides is 2. The first-order valence-corrected chi connectivity index (χ1v) is 7.29. The number of carbonyl (C=O) groups excluding carboxylic acids is 2. The molecule has 24 heavy (non-hydrogen) atoms. The predicted octanol–water partition coefficient (Wildman–Crippen LogP) is 1.32. The molecule has 2 amide bonds. The van der Waals surface area contributed by atoms with Crippen LogP contribution in [0, 0.1) is 0 Å². The molecule has 1 fully saturated rings. The van der Waals surface area contributed by atoms with Crippen LogP contribution in [0.2, 0.25) is 0 Å². The smallest absolute Gasteiger partial charge is 0.277 e. The van der Waals surface area contributed by atoms with Gasteiger partial charge in [-0.1, -0.05) is 0 Å². The quantitative estimate of drug-likeness (QED) is 0.765. The van der Waals surface area contributed by atoms with Crippen LogP contribution in [0.25, 0.3) is 0 Å². The minimum absolute atomic E-state index is 0. The van der Waals surface area contributed by atoms with E-state index < -0.39 is 24.9 Å². The molecule has 1 aliphatic heterocycles. The van der Waals surface area contributed by atoms with E-state index in [1.807, 2.05) is 0 Å². The van der Waals surface area contributed by atoms with Gasteiger partial charge in [0.15, 0.2) is 6.61 Å². The number of hydrogen-bond acceptors (Lipinski definition) is 4. The van der Waals surface area contributed by atoms with Gasteiger partial charge in [-0.15, -0.1) is 12.4 Å². The zero-order valence-electron chi connectivity index (χ0n) is 13.0. The van der Waals surface area contributed by atoms with Gasteiger partial charge in [-0.25, -0.2) is 8.78 Å². The van der Waals surface area contributed by atoms with Crippen molar-refractivity contribution >= 4 is 29.9 Å². The Hall–Kier alpha value is -1.93. The average molecular weight is 364 g/mol. The monoisotopic (exact) mass is 363 g/mol. The number of ether oxygens (including phenoxy) is 1. The fourth-order valence-corrected chi connectivity index (χ4v) is 2.14. The molecule has 0 spiro atoms. The summed E-state index contributed by atoms with van der Waals surface area (Å²) in [6, 6.07) is 6.70. The van der Waals surface area contributed by atoms with Gasteiger partial charge in [-0.05, 0) is 30.7 Å². The first kappa shape index (κ1) is 20.1. The number of carbonyl (C=O) groups is 2. The molecule has 1 saturated heterocycles. The Bertz CT molecular complexity index is 570. The van der Waals surface area contributed by atoms with Crippen LogP contribution in [-0.2, 0) is 9.59 Å². The molecule has 1 aromatic carbocycles. The number of benzene rings is 1. The van der Waals surface area contributed by atoms with E-state index in [0.29, 0.717) is 18.7 Å². The highest BCUT2D eigenvalue weighted by atomic mass is 35.5. The lowest BCUT2D eigenvalue weighted by molar-refractivity contribution is -0.124. The van der Waals surface area contributed by atoms with Gasteiger partial charge in [0, 0.05) is 18.7 Å². The molecule has 1 aliphatic rings. The Morgan fingerprint density at radius 2 is 2.00 bits per heavy atom. The van der Waals surface area contributed by atoms with Crippen LogP contribution in [0.15, 0.2) is 24.3 Å². The minimum Gasteiger partial charge on any atom is -0.484 e. The molecule has 0 saturated carbocycles. The van der Waals surface area contributed by atoms with Gasteiger partial charge >= 0.3 is 0 Å². The summed E-state index contributed by atoms with van der Waals surface area (Å²) in [4.78, 5) is 24.7. The van der Waals surface area contributed by atoms with Crippen molar-refractivity contribution in [2.45, 2.75) is 18.8 Å². The molecule has 0 unspecified atom stereocenters. The summed E-state index contributed by atoms with van der Waals surface area (Å²) in [7, 11) is 0. The van der Waals surface area contributed by atoms with Gasteiger partial charge in [-0.2, -0.15) is 0 Å². The summed E-state index contributed by atoms with van der Waals surface area (Å²) in [5.41, 5.74) is 5.64. The molecule has 0 bridgehead atoms. The van der Waals surface area contributed by atoms with E-state index in [1.54, 1.807) is 29.2 Å². The number of halogens is 3. The molecule has 1 heterocycles. The second kappa shape index (κ2) is 8.79. The van der Waals surface area contributed by atoms with E-state index in [-0.39, 0.29) is 24.9 Å². The number of anilines is 1. The largest absolute Gasteiger partial charge is 0.484 e. The molecule has 0 atom stereocenters. The predicted molar refractivity (Wildman–Crippen MR) is 87.8 cm³/mol. The van der Waals surface area contributed by atoms with Gasteiger partial charge < -0.3 is 20.7 Å². The van der Waals surface area contributed by atoms with E-state index in [2.05, 4.69) is 5.32 Å². The summed E-state index contributed by atoms with van der Waals surface area (Å²) in [5, 5.41) is 2.06. The third kappa shape index (κ3) is 5.61. The highest BCUT2D eigenvalue weighted by Gasteiger charge is 2.27. The fraction of sp³-hybridized carbons (Fsp3) is 0.467. The van der Waals surface area contributed by atoms with Crippen LogP contribution in [0.3, 0.4) is 0 Å². The summed E-state index contributed by atoms with van der Waals surface area (Å²) >= 11 is 0. The number of hydrogen-bond donors (Lipinski definition) is 2. The summed E-state index contributed by atoms with van der Waals surface area (Å²) in [5.74, 6) is -3.28. The van der Waals surface area contributed by atoms with Gasteiger partial charge in [0.1, 0.15) is 5.75 Å². The van der Waals surface area contributed by atoms with Crippen molar-refractivity contribution in [1.82, 2.24) is 5.32 Å². The lowest BCUT2D eigenvalue weighted by atomic mass is 10.3. The van der Waals surface area contributed by atoms with E-state index in [0.717, 1.165) is 12.1 Å². The summed E-state index contributed by atoms with van der Waals surface area (Å²) in [6.45, 7) is -1.33. The Kier molecular flexibility index (Phi) is 7.37. The fourth-order valence-electron chi connectivity index (χ4n) is 2.14. The van der Waals surface area contributed by atoms with Crippen LogP contribution in [0.1, 0.15) is 12.8 Å². The van der Waals surface area contributed by atoms with Gasteiger partial charge in [0.25, 0.3) is 11.8 Å². The van der Waals surface area contributed by atoms with Crippen molar-refractivity contribution in [3.05, 3.63) is 24.3 Å². The Balaban J connectivity index is 0.00000288. The lowest BCUT2D eigenvalue weighted by Crippen LogP contribution is -2.43. The van der Waals surface area contributed by atoms with Crippen molar-refractivity contribution in [3.8, 4) is 5.75 Å². The van der Waals surface area contributed by atoms with E-state index in [9.17, 15) is 18.4 Å². The standard InChI is InChI=1S/C15H19F2N3O3.ClH/c16-15(17,9-18)10-19-13(21)8-23-12-5-3-11(4-6-12)20-7-1-2-14(20)22;/h3-6H,1-2,7-10,18H2,(H,19,21);1H. The van der Waals surface area contributed by atoms with Gasteiger partial charge in [0.2, 0.25) is 5.91 Å². The van der Waals surface area contributed by atoms with Crippen molar-refractivity contribution in [1.29, 1.82) is 0 Å². The molecule has 2 rings (SSSR count). The van der Waals surface area contributed by atoms with Gasteiger partial charge in [0.05, 0.1) is 13.1 Å². The maximum atomic E-state index is 12.9. The molecular weight excluding hydrogens is 344 g/mol. The second-order valence-corrected chi connectivity index (χ2v) is 5.27. The Morgan fingerprint density at radius 1 is 1.33 bits per heavy atom. The van der Waals surface area contributed by atoms with Gasteiger partial charge in [-0.3, -0.25) is 9.59 Å². The summed E-state index contributed by atoms with van der Waals surface area (Å²) in [6.07, 6.45) is 1.39. The highest BCUT2D eigenvalue weighted by molar-refractivity contribution is 5.95. The molecule has 134 valence electrons. The second-order valence-electron chi connectivity index (χ2n) is 5.27. The van der Waals surface area contributed by atoms with Crippen molar-refractivity contribution in [2.75, 3.05) is 31.1 Å². The number of nitrogens with one attached hydrogen (secondary N) is 1. The topological polar surface area (TPSA) is 84.7 Å². The molecule has 6 nitrogen and oxygen atoms in total. The average Bonchev–Trinajstić information content (AvgIpc) is 2.97. The molecular formula is C15H20ClF2N3O3. The number of nitrogens with zero attached hydrogens (tertiary/aromatic N) is 1. The van der Waals surface area contributed by atoms with Crippen molar-refractivity contribution < 1.29 is 23.1 Å². The van der Waals surface area contributed by atoms with Crippen LogP contribution in [0.4, 0.5) is 14.5 Å². The third-order valence-electron chi connectivity index (χ3n) is 3.43. The number of nitrogens with two attached hydrogens (primary N) is 1.